The van der Waals surface area contributed by atoms with Gasteiger partial charge >= 0.3 is 0 Å². The Balaban J connectivity index is 2.01. The monoisotopic (exact) mass is 346 g/mol. The highest BCUT2D eigenvalue weighted by Gasteiger charge is 2.32. The molecule has 0 saturated heterocycles. The van der Waals surface area contributed by atoms with E-state index >= 15 is 0 Å². The summed E-state index contributed by atoms with van der Waals surface area (Å²) in [4.78, 5) is 0. The fourth-order valence-electron chi connectivity index (χ4n) is 2.83. The summed E-state index contributed by atoms with van der Waals surface area (Å²) in [5.41, 5.74) is 4.11. The van der Waals surface area contributed by atoms with Crippen LogP contribution in [0.2, 0.25) is 0 Å². The highest BCUT2D eigenvalue weighted by atomic mass is 79.9. The molecule has 0 bridgehead atoms. The molecule has 0 spiro atoms. The summed E-state index contributed by atoms with van der Waals surface area (Å²) in [5, 5.41) is 10.7. The first-order chi connectivity index (χ1) is 9.88. The Morgan fingerprint density at radius 2 is 1.95 bits per heavy atom. The molecule has 0 aliphatic carbocycles. The van der Waals surface area contributed by atoms with Crippen LogP contribution >= 0.6 is 15.9 Å². The lowest BCUT2D eigenvalue weighted by Gasteiger charge is -2.19. The van der Waals surface area contributed by atoms with Gasteiger partial charge in [-0.25, -0.2) is 0 Å². The third-order valence-corrected chi connectivity index (χ3v) is 4.66. The average Bonchev–Trinajstić information content (AvgIpc) is 2.74. The van der Waals surface area contributed by atoms with Gasteiger partial charge in [-0.1, -0.05) is 41.9 Å². The van der Waals surface area contributed by atoms with Gasteiger partial charge in [0, 0.05) is 15.5 Å². The average molecular weight is 347 g/mol. The minimum atomic E-state index is -0.611. The van der Waals surface area contributed by atoms with E-state index in [-0.39, 0.29) is 5.41 Å². The minimum Gasteiger partial charge on any atom is -0.492 e. The maximum Gasteiger partial charge on any atom is 0.123 e. The van der Waals surface area contributed by atoms with Gasteiger partial charge in [0.1, 0.15) is 11.9 Å². The van der Waals surface area contributed by atoms with Crippen LogP contribution in [0.5, 0.6) is 5.75 Å². The van der Waals surface area contributed by atoms with Crippen LogP contribution in [0.3, 0.4) is 0 Å². The lowest BCUT2D eigenvalue weighted by Crippen LogP contribution is -2.18. The van der Waals surface area contributed by atoms with Gasteiger partial charge in [-0.3, -0.25) is 0 Å². The minimum absolute atomic E-state index is 0.000175. The molecular weight excluding hydrogens is 328 g/mol. The van der Waals surface area contributed by atoms with Gasteiger partial charge in [0.05, 0.1) is 6.61 Å². The molecule has 3 heteroatoms. The lowest BCUT2D eigenvalue weighted by atomic mass is 9.85. The second-order valence-corrected chi connectivity index (χ2v) is 7.25. The molecule has 2 nitrogen and oxygen atoms in total. The van der Waals surface area contributed by atoms with Crippen molar-refractivity contribution in [3.8, 4) is 5.75 Å². The smallest absolute Gasteiger partial charge is 0.123 e. The molecule has 110 valence electrons. The predicted octanol–water partition coefficient (Wildman–Crippen LogP) is 4.51. The molecule has 0 amide bonds. The number of hydrogen-bond acceptors (Lipinski definition) is 2. The summed E-state index contributed by atoms with van der Waals surface area (Å²) < 4.78 is 6.73. The Kier molecular flexibility index (Phi) is 3.58. The SMILES string of the molecule is Cc1cc(Br)ccc1C(O)c1ccc2c(c1)C(C)(C)CO2. The van der Waals surface area contributed by atoms with Crippen molar-refractivity contribution in [2.45, 2.75) is 32.3 Å². The zero-order valence-corrected chi connectivity index (χ0v) is 14.1. The maximum atomic E-state index is 10.7. The molecule has 1 unspecified atom stereocenters. The molecule has 3 rings (SSSR count). The van der Waals surface area contributed by atoms with E-state index in [1.54, 1.807) is 0 Å². The number of rotatable bonds is 2. The maximum absolute atomic E-state index is 10.7. The molecule has 21 heavy (non-hydrogen) atoms. The van der Waals surface area contributed by atoms with Crippen molar-refractivity contribution in [1.29, 1.82) is 0 Å². The standard InChI is InChI=1S/C18H19BrO2/c1-11-8-13(19)5-6-14(11)17(20)12-4-7-16-15(9-12)18(2,3)10-21-16/h4-9,17,20H,10H2,1-3H3. The second kappa shape index (κ2) is 5.15. The lowest BCUT2D eigenvalue weighted by molar-refractivity contribution is 0.219. The molecule has 0 fully saturated rings. The van der Waals surface area contributed by atoms with Crippen molar-refractivity contribution >= 4 is 15.9 Å². The quantitative estimate of drug-likeness (QED) is 0.866. The molecule has 1 aliphatic rings. The summed E-state index contributed by atoms with van der Waals surface area (Å²) in [6, 6.07) is 12.0. The van der Waals surface area contributed by atoms with Crippen LogP contribution in [0.25, 0.3) is 0 Å². The number of aliphatic hydroxyl groups excluding tert-OH is 1. The van der Waals surface area contributed by atoms with E-state index < -0.39 is 6.10 Å². The summed E-state index contributed by atoms with van der Waals surface area (Å²) in [5.74, 6) is 0.934. The highest BCUT2D eigenvalue weighted by Crippen LogP contribution is 2.40. The summed E-state index contributed by atoms with van der Waals surface area (Å²) in [6.45, 7) is 7.04. The number of aliphatic hydroxyl groups is 1. The van der Waals surface area contributed by atoms with E-state index in [1.807, 2.05) is 37.3 Å². The highest BCUT2D eigenvalue weighted by molar-refractivity contribution is 9.10. The van der Waals surface area contributed by atoms with Crippen molar-refractivity contribution in [3.63, 3.8) is 0 Å². The van der Waals surface area contributed by atoms with Crippen molar-refractivity contribution < 1.29 is 9.84 Å². The molecule has 0 saturated carbocycles. The van der Waals surface area contributed by atoms with E-state index in [1.165, 1.54) is 5.56 Å². The van der Waals surface area contributed by atoms with Crippen LogP contribution < -0.4 is 4.74 Å². The fraction of sp³-hybridized carbons (Fsp3) is 0.333. The van der Waals surface area contributed by atoms with E-state index in [4.69, 9.17) is 4.74 Å². The summed E-state index contributed by atoms with van der Waals surface area (Å²) >= 11 is 3.46. The number of benzene rings is 2. The molecule has 0 aromatic heterocycles. The first-order valence-corrected chi connectivity index (χ1v) is 7.89. The molecule has 1 heterocycles. The molecule has 2 aromatic carbocycles. The molecule has 0 radical (unpaired) electrons. The first kappa shape index (κ1) is 14.6. The van der Waals surface area contributed by atoms with Crippen LogP contribution in [0.1, 0.15) is 42.2 Å². The van der Waals surface area contributed by atoms with Crippen molar-refractivity contribution in [2.24, 2.45) is 0 Å². The summed E-state index contributed by atoms with van der Waals surface area (Å²) in [7, 11) is 0. The Morgan fingerprint density at radius 1 is 1.19 bits per heavy atom. The number of halogens is 1. The third-order valence-electron chi connectivity index (χ3n) is 4.16. The first-order valence-electron chi connectivity index (χ1n) is 7.10. The molecule has 1 aliphatic heterocycles. The Hall–Kier alpha value is -1.32. The number of ether oxygens (including phenoxy) is 1. The normalized spacial score (nSPS) is 17.2. The van der Waals surface area contributed by atoms with Crippen LogP contribution in [-0.2, 0) is 5.41 Å². The van der Waals surface area contributed by atoms with Gasteiger partial charge in [-0.2, -0.15) is 0 Å². The second-order valence-electron chi connectivity index (χ2n) is 6.33. The molecular formula is C18H19BrO2. The van der Waals surface area contributed by atoms with E-state index in [2.05, 4.69) is 35.8 Å². The zero-order valence-electron chi connectivity index (χ0n) is 12.5. The van der Waals surface area contributed by atoms with Crippen LogP contribution in [-0.4, -0.2) is 11.7 Å². The van der Waals surface area contributed by atoms with Crippen molar-refractivity contribution in [3.05, 3.63) is 63.1 Å². The van der Waals surface area contributed by atoms with Gasteiger partial charge in [-0.05, 0) is 47.9 Å². The summed E-state index contributed by atoms with van der Waals surface area (Å²) in [6.07, 6.45) is -0.611. The van der Waals surface area contributed by atoms with Crippen LogP contribution in [0.4, 0.5) is 0 Å². The van der Waals surface area contributed by atoms with E-state index in [0.29, 0.717) is 6.61 Å². The third kappa shape index (κ3) is 2.60. The fourth-order valence-corrected chi connectivity index (χ4v) is 3.31. The zero-order chi connectivity index (χ0) is 15.2. The predicted molar refractivity (Wildman–Crippen MR) is 87.9 cm³/mol. The number of fused-ring (bicyclic) bond motifs is 1. The van der Waals surface area contributed by atoms with Crippen molar-refractivity contribution in [1.82, 2.24) is 0 Å². The largest absolute Gasteiger partial charge is 0.492 e. The van der Waals surface area contributed by atoms with Crippen molar-refractivity contribution in [2.75, 3.05) is 6.61 Å². The Bertz CT molecular complexity index is 692. The topological polar surface area (TPSA) is 29.5 Å². The van der Waals surface area contributed by atoms with Gasteiger partial charge in [0.25, 0.3) is 0 Å². The molecule has 1 atom stereocenters. The van der Waals surface area contributed by atoms with Gasteiger partial charge < -0.3 is 9.84 Å². The van der Waals surface area contributed by atoms with Gasteiger partial charge in [0.15, 0.2) is 0 Å². The van der Waals surface area contributed by atoms with E-state index in [0.717, 1.165) is 26.9 Å². The van der Waals surface area contributed by atoms with Crippen LogP contribution in [0.15, 0.2) is 40.9 Å². The number of hydrogen-bond donors (Lipinski definition) is 1. The Morgan fingerprint density at radius 3 is 2.67 bits per heavy atom. The Labute approximate surface area is 133 Å². The van der Waals surface area contributed by atoms with Gasteiger partial charge in [0.2, 0.25) is 0 Å². The van der Waals surface area contributed by atoms with Crippen LogP contribution in [0, 0.1) is 6.92 Å². The molecule has 2 aromatic rings. The van der Waals surface area contributed by atoms with Gasteiger partial charge in [-0.15, -0.1) is 0 Å². The number of aryl methyl sites for hydroxylation is 1. The molecule has 1 N–H and O–H groups in total. The van der Waals surface area contributed by atoms with E-state index in [9.17, 15) is 5.11 Å².